The summed E-state index contributed by atoms with van der Waals surface area (Å²) in [6, 6.07) is 5.13. The zero-order valence-electron chi connectivity index (χ0n) is 7.86. The highest BCUT2D eigenvalue weighted by Crippen LogP contribution is 2.25. The van der Waals surface area contributed by atoms with Crippen molar-refractivity contribution in [3.63, 3.8) is 0 Å². The first-order chi connectivity index (χ1) is 6.72. The third kappa shape index (κ3) is 1.93. The Kier molecular flexibility index (Phi) is 3.28. The van der Waals surface area contributed by atoms with Crippen LogP contribution < -0.4 is 16.2 Å². The molecule has 0 saturated heterocycles. The second-order valence-corrected chi connectivity index (χ2v) is 2.60. The third-order valence-corrected chi connectivity index (χ3v) is 1.80. The van der Waals surface area contributed by atoms with Crippen LogP contribution in [-0.2, 0) is 4.65 Å². The Hall–Kier alpha value is -1.78. The molecule has 0 aliphatic rings. The number of methoxy groups -OCH3 is 1. The van der Waals surface area contributed by atoms with Crippen LogP contribution in [-0.4, -0.2) is 15.2 Å². The van der Waals surface area contributed by atoms with Gasteiger partial charge in [-0.15, -0.1) is 0 Å². The number of nitrogen functional groups attached to an aromatic ring is 1. The molecule has 0 fully saturated rings. The van der Waals surface area contributed by atoms with Crippen molar-refractivity contribution in [3.8, 4) is 5.75 Å². The molecule has 5 heteroatoms. The van der Waals surface area contributed by atoms with Gasteiger partial charge in [-0.05, 0) is 12.1 Å². The number of anilines is 1. The predicted molar refractivity (Wildman–Crippen MR) is 56.4 cm³/mol. The average Bonchev–Trinajstić information content (AvgIpc) is 2.22. The van der Waals surface area contributed by atoms with Gasteiger partial charge in [0.15, 0.2) is 0 Å². The van der Waals surface area contributed by atoms with E-state index in [1.807, 2.05) is 0 Å². The molecule has 0 unspecified atom stereocenters. The molecule has 0 aliphatic carbocycles. The van der Waals surface area contributed by atoms with Gasteiger partial charge in [0.25, 0.3) is 0 Å². The van der Waals surface area contributed by atoms with E-state index in [-0.39, 0.29) is 0 Å². The number of hydrogen-bond donors (Lipinski definition) is 2. The van der Waals surface area contributed by atoms with Gasteiger partial charge < -0.3 is 20.9 Å². The Morgan fingerprint density at radius 2 is 2.21 bits per heavy atom. The van der Waals surface area contributed by atoms with Crippen LogP contribution >= 0.6 is 0 Å². The smallest absolute Gasteiger partial charge is 0.374 e. The molecule has 0 atom stereocenters. The molecule has 0 bridgehead atoms. The van der Waals surface area contributed by atoms with Crippen LogP contribution in [0.2, 0.25) is 0 Å². The monoisotopic (exact) mass is 190 g/mol. The van der Waals surface area contributed by atoms with Gasteiger partial charge in [-0.1, -0.05) is 0 Å². The van der Waals surface area contributed by atoms with Crippen molar-refractivity contribution < 1.29 is 9.39 Å². The van der Waals surface area contributed by atoms with Crippen molar-refractivity contribution in [1.29, 1.82) is 0 Å². The number of benzene rings is 1. The standard InChI is InChI=1S/C9H11BN2O2/c1-13-6-2-3-7(8(12)4-6)9(5-11)14-10/h2-5H,11-12H2,1H3/b9-5+. The molecule has 14 heavy (non-hydrogen) atoms. The van der Waals surface area contributed by atoms with Crippen LogP contribution in [0.4, 0.5) is 5.69 Å². The highest BCUT2D eigenvalue weighted by Gasteiger charge is 2.05. The summed E-state index contributed by atoms with van der Waals surface area (Å²) in [4.78, 5) is 0. The van der Waals surface area contributed by atoms with E-state index in [9.17, 15) is 0 Å². The van der Waals surface area contributed by atoms with E-state index in [1.54, 1.807) is 25.3 Å². The van der Waals surface area contributed by atoms with E-state index >= 15 is 0 Å². The first kappa shape index (κ1) is 10.3. The van der Waals surface area contributed by atoms with Crippen molar-refractivity contribution >= 4 is 19.5 Å². The zero-order chi connectivity index (χ0) is 10.6. The van der Waals surface area contributed by atoms with E-state index in [0.717, 1.165) is 0 Å². The minimum absolute atomic E-state index is 0.324. The molecule has 2 radical (unpaired) electrons. The van der Waals surface area contributed by atoms with Gasteiger partial charge in [0, 0.05) is 23.5 Å². The highest BCUT2D eigenvalue weighted by molar-refractivity contribution is 6.02. The lowest BCUT2D eigenvalue weighted by molar-refractivity contribution is 0.415. The fourth-order valence-corrected chi connectivity index (χ4v) is 1.08. The molecule has 0 saturated carbocycles. The molecule has 0 heterocycles. The first-order valence-electron chi connectivity index (χ1n) is 3.95. The normalized spacial score (nSPS) is 11.1. The molecule has 4 nitrogen and oxygen atoms in total. The maximum absolute atomic E-state index is 5.74. The van der Waals surface area contributed by atoms with Crippen molar-refractivity contribution in [2.45, 2.75) is 0 Å². The largest absolute Gasteiger partial charge is 0.566 e. The Balaban J connectivity index is 3.11. The van der Waals surface area contributed by atoms with E-state index in [2.05, 4.69) is 4.65 Å². The van der Waals surface area contributed by atoms with Gasteiger partial charge in [-0.3, -0.25) is 0 Å². The predicted octanol–water partition coefficient (Wildman–Crippen LogP) is 0.635. The van der Waals surface area contributed by atoms with E-state index in [0.29, 0.717) is 22.8 Å². The summed E-state index contributed by atoms with van der Waals surface area (Å²) in [6.45, 7) is 0. The minimum atomic E-state index is 0.324. The van der Waals surface area contributed by atoms with Gasteiger partial charge in [0.2, 0.25) is 0 Å². The molecule has 4 N–H and O–H groups in total. The quantitative estimate of drug-likeness (QED) is 0.416. The lowest BCUT2D eigenvalue weighted by atomic mass is 10.1. The van der Waals surface area contributed by atoms with Crippen molar-refractivity contribution in [1.82, 2.24) is 0 Å². The van der Waals surface area contributed by atoms with Crippen LogP contribution in [0.1, 0.15) is 5.56 Å². The van der Waals surface area contributed by atoms with Crippen LogP contribution in [0.15, 0.2) is 24.4 Å². The fourth-order valence-electron chi connectivity index (χ4n) is 1.08. The Morgan fingerprint density at radius 1 is 1.50 bits per heavy atom. The lowest BCUT2D eigenvalue weighted by Crippen LogP contribution is -1.99. The van der Waals surface area contributed by atoms with Gasteiger partial charge in [0.1, 0.15) is 11.5 Å². The van der Waals surface area contributed by atoms with Crippen molar-refractivity contribution in [2.75, 3.05) is 12.8 Å². The summed E-state index contributed by atoms with van der Waals surface area (Å²) in [7, 11) is 6.58. The Labute approximate surface area is 83.9 Å². The molecule has 0 aromatic heterocycles. The van der Waals surface area contributed by atoms with Gasteiger partial charge in [-0.2, -0.15) is 0 Å². The summed E-state index contributed by atoms with van der Waals surface area (Å²) >= 11 is 0. The van der Waals surface area contributed by atoms with Crippen molar-refractivity contribution in [3.05, 3.63) is 30.0 Å². The Morgan fingerprint density at radius 3 is 2.64 bits per heavy atom. The zero-order valence-corrected chi connectivity index (χ0v) is 7.86. The molecule has 72 valence electrons. The molecule has 1 rings (SSSR count). The number of nitrogens with two attached hydrogens (primary N) is 2. The van der Waals surface area contributed by atoms with E-state index < -0.39 is 0 Å². The molecule has 1 aromatic rings. The SMILES string of the molecule is [B]O/C(=C/N)c1ccc(OC)cc1N. The summed E-state index contributed by atoms with van der Waals surface area (Å²) in [5.74, 6) is 0.991. The molecule has 0 spiro atoms. The molecular weight excluding hydrogens is 179 g/mol. The van der Waals surface area contributed by atoms with E-state index in [4.69, 9.17) is 24.3 Å². The second kappa shape index (κ2) is 4.46. The fraction of sp³-hybridized carbons (Fsp3) is 0.111. The van der Waals surface area contributed by atoms with Crippen LogP contribution in [0.25, 0.3) is 5.76 Å². The minimum Gasteiger partial charge on any atom is -0.566 e. The van der Waals surface area contributed by atoms with E-state index in [1.165, 1.54) is 6.20 Å². The number of hydrogen-bond acceptors (Lipinski definition) is 4. The second-order valence-electron chi connectivity index (χ2n) is 2.60. The van der Waals surface area contributed by atoms with Gasteiger partial charge in [0.05, 0.1) is 7.11 Å². The average molecular weight is 190 g/mol. The number of rotatable bonds is 3. The highest BCUT2D eigenvalue weighted by atomic mass is 16.5. The summed E-state index contributed by atoms with van der Waals surface area (Å²) in [5.41, 5.74) is 12.2. The van der Waals surface area contributed by atoms with Gasteiger partial charge >= 0.3 is 8.05 Å². The van der Waals surface area contributed by atoms with Gasteiger partial charge in [-0.25, -0.2) is 0 Å². The molecular formula is C9H11BN2O2. The summed E-state index contributed by atoms with van der Waals surface area (Å²) in [6.07, 6.45) is 1.25. The lowest BCUT2D eigenvalue weighted by Gasteiger charge is -2.10. The molecule has 0 aliphatic heterocycles. The summed E-state index contributed by atoms with van der Waals surface area (Å²) in [5, 5.41) is 0. The number of ether oxygens (including phenoxy) is 1. The van der Waals surface area contributed by atoms with Crippen LogP contribution in [0, 0.1) is 0 Å². The topological polar surface area (TPSA) is 70.5 Å². The molecule has 0 amide bonds. The van der Waals surface area contributed by atoms with Crippen LogP contribution in [0.5, 0.6) is 5.75 Å². The van der Waals surface area contributed by atoms with Crippen molar-refractivity contribution in [2.24, 2.45) is 5.73 Å². The third-order valence-electron chi connectivity index (χ3n) is 1.80. The Bertz CT molecular complexity index is 353. The summed E-state index contributed by atoms with van der Waals surface area (Å²) < 4.78 is 9.55. The maximum atomic E-state index is 5.74. The first-order valence-corrected chi connectivity index (χ1v) is 3.95. The molecule has 1 aromatic carbocycles. The van der Waals surface area contributed by atoms with Crippen LogP contribution in [0.3, 0.4) is 0 Å². The maximum Gasteiger partial charge on any atom is 0.374 e.